The summed E-state index contributed by atoms with van der Waals surface area (Å²) in [4.78, 5) is 13.5. The summed E-state index contributed by atoms with van der Waals surface area (Å²) in [6, 6.07) is 9.58. The highest BCUT2D eigenvalue weighted by atomic mass is 32.1. The molecule has 2 N–H and O–H groups in total. The van der Waals surface area contributed by atoms with Gasteiger partial charge in [-0.3, -0.25) is 10.1 Å². The van der Waals surface area contributed by atoms with Crippen molar-refractivity contribution in [2.75, 3.05) is 5.32 Å². The number of rotatable bonds is 2. The Labute approximate surface area is 156 Å². The van der Waals surface area contributed by atoms with Crippen molar-refractivity contribution in [3.8, 4) is 6.07 Å². The van der Waals surface area contributed by atoms with Crippen LogP contribution in [0.1, 0.15) is 45.3 Å². The average Bonchev–Trinajstić information content (AvgIpc) is 2.90. The highest BCUT2D eigenvalue weighted by molar-refractivity contribution is 7.80. The third-order valence-electron chi connectivity index (χ3n) is 4.39. The average molecular weight is 370 g/mol. The van der Waals surface area contributed by atoms with Gasteiger partial charge in [0, 0.05) is 10.4 Å². The molecule has 2 aromatic rings. The first-order chi connectivity index (χ1) is 12.0. The Balaban J connectivity index is 1.72. The number of nitriles is 1. The second-order valence-corrected chi connectivity index (χ2v) is 7.96. The number of fused-ring (bicyclic) bond motifs is 1. The van der Waals surface area contributed by atoms with Crippen LogP contribution in [0.4, 0.5) is 5.00 Å². The molecule has 0 spiro atoms. The van der Waals surface area contributed by atoms with Crippen molar-refractivity contribution < 1.29 is 4.79 Å². The van der Waals surface area contributed by atoms with Crippen LogP contribution in [0.2, 0.25) is 0 Å². The third kappa shape index (κ3) is 3.89. The number of nitrogens with one attached hydrogen (secondary N) is 2. The predicted octanol–water partition coefficient (Wildman–Crippen LogP) is 4.18. The molecular weight excluding hydrogens is 350 g/mol. The van der Waals surface area contributed by atoms with Crippen molar-refractivity contribution in [3.63, 3.8) is 0 Å². The number of thiophene rings is 1. The fourth-order valence-electron chi connectivity index (χ4n) is 2.97. The quantitative estimate of drug-likeness (QED) is 0.780. The molecule has 6 heteroatoms. The van der Waals surface area contributed by atoms with Crippen LogP contribution in [-0.2, 0) is 12.8 Å². The molecule has 3 rings (SSSR count). The summed E-state index contributed by atoms with van der Waals surface area (Å²) >= 11 is 6.83. The normalized spacial score (nSPS) is 15.8. The first-order valence-electron chi connectivity index (χ1n) is 8.21. The van der Waals surface area contributed by atoms with Crippen LogP contribution in [-0.4, -0.2) is 11.0 Å². The minimum absolute atomic E-state index is 0.216. The predicted molar refractivity (Wildman–Crippen MR) is 105 cm³/mol. The molecule has 0 fully saturated rings. The van der Waals surface area contributed by atoms with E-state index >= 15 is 0 Å². The molecule has 0 radical (unpaired) electrons. The van der Waals surface area contributed by atoms with E-state index in [2.05, 4.69) is 23.6 Å². The summed E-state index contributed by atoms with van der Waals surface area (Å²) in [5, 5.41) is 16.2. The molecule has 1 amide bonds. The zero-order valence-corrected chi connectivity index (χ0v) is 15.8. The van der Waals surface area contributed by atoms with E-state index in [0.717, 1.165) is 35.4 Å². The molecule has 0 bridgehead atoms. The van der Waals surface area contributed by atoms with Gasteiger partial charge in [-0.2, -0.15) is 5.26 Å². The Morgan fingerprint density at radius 3 is 2.76 bits per heavy atom. The van der Waals surface area contributed by atoms with Gasteiger partial charge in [0.15, 0.2) is 5.11 Å². The molecule has 128 valence electrons. The second-order valence-electron chi connectivity index (χ2n) is 6.44. The van der Waals surface area contributed by atoms with E-state index in [-0.39, 0.29) is 11.0 Å². The van der Waals surface area contributed by atoms with Crippen LogP contribution in [0.15, 0.2) is 24.3 Å². The Kier molecular flexibility index (Phi) is 5.16. The van der Waals surface area contributed by atoms with Gasteiger partial charge in [-0.15, -0.1) is 11.3 Å². The summed E-state index contributed by atoms with van der Waals surface area (Å²) in [5.74, 6) is 0.379. The van der Waals surface area contributed by atoms with Crippen molar-refractivity contribution in [1.29, 1.82) is 5.26 Å². The van der Waals surface area contributed by atoms with Gasteiger partial charge in [0.25, 0.3) is 5.91 Å². The number of carbonyl (C=O) groups is 1. The van der Waals surface area contributed by atoms with E-state index in [9.17, 15) is 10.1 Å². The monoisotopic (exact) mass is 369 g/mol. The van der Waals surface area contributed by atoms with E-state index in [1.807, 2.05) is 19.1 Å². The lowest BCUT2D eigenvalue weighted by Crippen LogP contribution is -2.34. The minimum atomic E-state index is -0.258. The highest BCUT2D eigenvalue weighted by Crippen LogP contribution is 2.39. The summed E-state index contributed by atoms with van der Waals surface area (Å²) in [6.45, 7) is 4.20. The van der Waals surface area contributed by atoms with E-state index in [1.165, 1.54) is 4.88 Å². The Morgan fingerprint density at radius 2 is 2.08 bits per heavy atom. The third-order valence-corrected chi connectivity index (χ3v) is 5.77. The molecule has 0 aliphatic heterocycles. The van der Waals surface area contributed by atoms with Gasteiger partial charge in [0.2, 0.25) is 0 Å². The number of hydrogen-bond acceptors (Lipinski definition) is 4. The number of aryl methyl sites for hydroxylation is 1. The number of hydrogen-bond donors (Lipinski definition) is 2. The van der Waals surface area contributed by atoms with E-state index in [0.29, 0.717) is 17.0 Å². The zero-order valence-electron chi connectivity index (χ0n) is 14.2. The van der Waals surface area contributed by atoms with Gasteiger partial charge in [0.05, 0.1) is 5.56 Å². The molecular formula is C19H19N3OS2. The fourth-order valence-corrected chi connectivity index (χ4v) is 4.60. The number of nitrogens with zero attached hydrogens (tertiary/aromatic N) is 1. The van der Waals surface area contributed by atoms with Gasteiger partial charge in [0.1, 0.15) is 11.1 Å². The zero-order chi connectivity index (χ0) is 18.0. The second kappa shape index (κ2) is 7.34. The van der Waals surface area contributed by atoms with Crippen molar-refractivity contribution in [2.24, 2.45) is 5.92 Å². The molecule has 4 nitrogen and oxygen atoms in total. The molecule has 1 aromatic carbocycles. The Hall–Kier alpha value is -2.23. The number of carbonyl (C=O) groups excluding carboxylic acids is 1. The SMILES string of the molecule is Cc1ccc(C(=O)NC(=S)Nc2sc3c(c2C#N)CC[C@@H](C)C3)cc1. The molecule has 0 unspecified atom stereocenters. The van der Waals surface area contributed by atoms with E-state index < -0.39 is 0 Å². The first kappa shape index (κ1) is 17.6. The number of thiocarbonyl (C=S) groups is 1. The smallest absolute Gasteiger partial charge is 0.257 e. The van der Waals surface area contributed by atoms with Crippen molar-refractivity contribution in [3.05, 3.63) is 51.4 Å². The Morgan fingerprint density at radius 1 is 1.36 bits per heavy atom. The van der Waals surface area contributed by atoms with Crippen LogP contribution in [0.3, 0.4) is 0 Å². The van der Waals surface area contributed by atoms with E-state index in [1.54, 1.807) is 23.5 Å². The van der Waals surface area contributed by atoms with E-state index in [4.69, 9.17) is 12.2 Å². The molecule has 1 atom stereocenters. The summed E-state index contributed by atoms with van der Waals surface area (Å²) < 4.78 is 0. The molecule has 0 saturated heterocycles. The molecule has 1 aliphatic carbocycles. The van der Waals surface area contributed by atoms with Gasteiger partial charge >= 0.3 is 0 Å². The van der Waals surface area contributed by atoms with Crippen molar-refractivity contribution >= 4 is 39.6 Å². The highest BCUT2D eigenvalue weighted by Gasteiger charge is 2.24. The topological polar surface area (TPSA) is 64.9 Å². The van der Waals surface area contributed by atoms with Crippen LogP contribution in [0, 0.1) is 24.2 Å². The molecule has 0 saturated carbocycles. The van der Waals surface area contributed by atoms with Gasteiger partial charge in [-0.05, 0) is 62.0 Å². The Bertz CT molecular complexity index is 862. The summed E-state index contributed by atoms with van der Waals surface area (Å²) in [7, 11) is 0. The lowest BCUT2D eigenvalue weighted by atomic mass is 9.89. The number of amides is 1. The molecule has 25 heavy (non-hydrogen) atoms. The molecule has 1 heterocycles. The maximum Gasteiger partial charge on any atom is 0.257 e. The largest absolute Gasteiger partial charge is 0.323 e. The summed E-state index contributed by atoms with van der Waals surface area (Å²) in [5.41, 5.74) is 3.45. The van der Waals surface area contributed by atoms with Gasteiger partial charge in [-0.1, -0.05) is 24.6 Å². The number of anilines is 1. The first-order valence-corrected chi connectivity index (χ1v) is 9.44. The lowest BCUT2D eigenvalue weighted by molar-refractivity contribution is 0.0977. The van der Waals surface area contributed by atoms with Crippen molar-refractivity contribution in [1.82, 2.24) is 5.32 Å². The maximum absolute atomic E-state index is 12.2. The molecule has 1 aromatic heterocycles. The van der Waals surface area contributed by atoms with Crippen LogP contribution in [0.5, 0.6) is 0 Å². The summed E-state index contributed by atoms with van der Waals surface area (Å²) in [6.07, 6.45) is 3.03. The molecule has 1 aliphatic rings. The standard InChI is InChI=1S/C19H19N3OS2/c1-11-3-6-13(7-4-11)17(23)21-19(24)22-18-15(10-20)14-8-5-12(2)9-16(14)25-18/h3-4,6-7,12H,5,8-9H2,1-2H3,(H2,21,22,23,24)/t12-/m1/s1. The fraction of sp³-hybridized carbons (Fsp3) is 0.316. The van der Waals surface area contributed by atoms with Crippen LogP contribution < -0.4 is 10.6 Å². The van der Waals surface area contributed by atoms with Gasteiger partial charge in [-0.25, -0.2) is 0 Å². The lowest BCUT2D eigenvalue weighted by Gasteiger charge is -2.17. The van der Waals surface area contributed by atoms with Crippen LogP contribution >= 0.6 is 23.6 Å². The van der Waals surface area contributed by atoms with Crippen molar-refractivity contribution in [2.45, 2.75) is 33.1 Å². The minimum Gasteiger partial charge on any atom is -0.323 e. The van der Waals surface area contributed by atoms with Gasteiger partial charge < -0.3 is 5.32 Å². The number of benzene rings is 1. The van der Waals surface area contributed by atoms with Crippen LogP contribution in [0.25, 0.3) is 0 Å². The maximum atomic E-state index is 12.2.